The molecular weight excluding hydrogens is 374 g/mol. The van der Waals surface area contributed by atoms with Gasteiger partial charge in [0, 0.05) is 30.0 Å². The molecule has 0 spiro atoms. The van der Waals surface area contributed by atoms with Crippen LogP contribution in [0.2, 0.25) is 5.02 Å². The van der Waals surface area contributed by atoms with E-state index in [0.717, 1.165) is 47.8 Å². The summed E-state index contributed by atoms with van der Waals surface area (Å²) in [6, 6.07) is 15.9. The molecule has 28 heavy (non-hydrogen) atoms. The lowest BCUT2D eigenvalue weighted by molar-refractivity contribution is 0.120. The van der Waals surface area contributed by atoms with Crippen LogP contribution in [0.15, 0.2) is 48.5 Å². The largest absolute Gasteiger partial charge is 0.376 e. The standard InChI is InChI=1S/C21H20ClN5O/c22-15-8-9-17-18(12-15)24-21(23-13-16-7-4-10-28-16)27-19(25-26-20(17)27)11-14-5-2-1-3-6-14/h1-3,5-6,8-9,12,16H,4,7,10-11,13H2,(H,23,24). The molecule has 1 unspecified atom stereocenters. The minimum atomic E-state index is 0.209. The molecule has 7 heteroatoms. The number of ether oxygens (including phenoxy) is 1. The summed E-state index contributed by atoms with van der Waals surface area (Å²) in [7, 11) is 0. The number of nitrogens with zero attached hydrogens (tertiary/aromatic N) is 4. The highest BCUT2D eigenvalue weighted by molar-refractivity contribution is 6.31. The number of fused-ring (bicyclic) bond motifs is 3. The highest BCUT2D eigenvalue weighted by Gasteiger charge is 2.19. The highest BCUT2D eigenvalue weighted by atomic mass is 35.5. The number of halogens is 1. The van der Waals surface area contributed by atoms with Crippen LogP contribution in [0.4, 0.5) is 5.95 Å². The molecule has 2 aromatic carbocycles. The van der Waals surface area contributed by atoms with Crippen LogP contribution in [-0.4, -0.2) is 38.8 Å². The second-order valence-electron chi connectivity index (χ2n) is 7.05. The predicted molar refractivity (Wildman–Crippen MR) is 110 cm³/mol. The van der Waals surface area contributed by atoms with E-state index in [1.54, 1.807) is 0 Å². The van der Waals surface area contributed by atoms with E-state index in [4.69, 9.17) is 21.3 Å². The van der Waals surface area contributed by atoms with Crippen LogP contribution >= 0.6 is 11.6 Å². The molecule has 3 heterocycles. The summed E-state index contributed by atoms with van der Waals surface area (Å²) in [6.45, 7) is 1.53. The second kappa shape index (κ2) is 7.37. The normalized spacial score (nSPS) is 16.8. The molecule has 1 atom stereocenters. The van der Waals surface area contributed by atoms with Crippen molar-refractivity contribution < 1.29 is 4.74 Å². The maximum Gasteiger partial charge on any atom is 0.210 e. The molecule has 1 saturated heterocycles. The molecule has 6 nitrogen and oxygen atoms in total. The molecule has 0 amide bonds. The summed E-state index contributed by atoms with van der Waals surface area (Å²) in [5.41, 5.74) is 2.76. The van der Waals surface area contributed by atoms with Gasteiger partial charge >= 0.3 is 0 Å². The van der Waals surface area contributed by atoms with Crippen LogP contribution in [-0.2, 0) is 11.2 Å². The Hall–Kier alpha value is -2.70. The first-order chi connectivity index (χ1) is 13.8. The van der Waals surface area contributed by atoms with Crippen LogP contribution in [0.5, 0.6) is 0 Å². The van der Waals surface area contributed by atoms with Crippen molar-refractivity contribution in [3.63, 3.8) is 0 Å². The van der Waals surface area contributed by atoms with Gasteiger partial charge in [-0.25, -0.2) is 9.38 Å². The lowest BCUT2D eigenvalue weighted by Crippen LogP contribution is -2.21. The van der Waals surface area contributed by atoms with E-state index in [2.05, 4.69) is 27.6 Å². The molecular formula is C21H20ClN5O. The van der Waals surface area contributed by atoms with Crippen molar-refractivity contribution in [3.05, 3.63) is 64.9 Å². The van der Waals surface area contributed by atoms with Gasteiger partial charge in [-0.2, -0.15) is 0 Å². The van der Waals surface area contributed by atoms with Crippen molar-refractivity contribution in [1.82, 2.24) is 19.6 Å². The van der Waals surface area contributed by atoms with Crippen molar-refractivity contribution in [1.29, 1.82) is 0 Å². The molecule has 0 saturated carbocycles. The van der Waals surface area contributed by atoms with E-state index in [0.29, 0.717) is 18.0 Å². The number of aromatic nitrogens is 4. The van der Waals surface area contributed by atoms with Crippen molar-refractivity contribution in [2.75, 3.05) is 18.5 Å². The van der Waals surface area contributed by atoms with Gasteiger partial charge in [0.25, 0.3) is 0 Å². The van der Waals surface area contributed by atoms with Crippen LogP contribution in [0, 0.1) is 0 Å². The fourth-order valence-corrected chi connectivity index (χ4v) is 3.85. The third-order valence-electron chi connectivity index (χ3n) is 5.09. The highest BCUT2D eigenvalue weighted by Crippen LogP contribution is 2.26. The smallest absolute Gasteiger partial charge is 0.210 e. The summed E-state index contributed by atoms with van der Waals surface area (Å²) < 4.78 is 7.76. The zero-order valence-corrected chi connectivity index (χ0v) is 16.1. The van der Waals surface area contributed by atoms with Gasteiger partial charge < -0.3 is 10.1 Å². The molecule has 1 fully saturated rings. The van der Waals surface area contributed by atoms with Gasteiger partial charge in [0.2, 0.25) is 5.95 Å². The summed E-state index contributed by atoms with van der Waals surface area (Å²) in [5, 5.41) is 14.0. The van der Waals surface area contributed by atoms with E-state index >= 15 is 0 Å². The predicted octanol–water partition coefficient (Wildman–Crippen LogP) is 4.11. The maximum atomic E-state index is 6.19. The molecule has 0 aliphatic carbocycles. The van der Waals surface area contributed by atoms with E-state index in [1.165, 1.54) is 5.56 Å². The SMILES string of the molecule is Clc1ccc2c(c1)nc(NCC1CCCO1)n1c(Cc3ccccc3)nnc21. The monoisotopic (exact) mass is 393 g/mol. The molecule has 2 aromatic heterocycles. The number of benzene rings is 2. The van der Waals surface area contributed by atoms with Gasteiger partial charge in [0.15, 0.2) is 5.65 Å². The minimum absolute atomic E-state index is 0.209. The van der Waals surface area contributed by atoms with Crippen LogP contribution in [0.25, 0.3) is 16.6 Å². The maximum absolute atomic E-state index is 6.19. The summed E-state index contributed by atoms with van der Waals surface area (Å²) in [6.07, 6.45) is 3.06. The number of hydrogen-bond donors (Lipinski definition) is 1. The van der Waals surface area contributed by atoms with E-state index in [9.17, 15) is 0 Å². The topological polar surface area (TPSA) is 64.3 Å². The van der Waals surface area contributed by atoms with Crippen molar-refractivity contribution >= 4 is 34.1 Å². The quantitative estimate of drug-likeness (QED) is 0.552. The first-order valence-electron chi connectivity index (χ1n) is 9.50. The van der Waals surface area contributed by atoms with Crippen LogP contribution < -0.4 is 5.32 Å². The molecule has 0 radical (unpaired) electrons. The van der Waals surface area contributed by atoms with Crippen LogP contribution in [0.3, 0.4) is 0 Å². The third-order valence-corrected chi connectivity index (χ3v) is 5.32. The number of anilines is 1. The molecule has 5 rings (SSSR count). The Labute approximate surface area is 167 Å². The molecule has 0 bridgehead atoms. The first-order valence-corrected chi connectivity index (χ1v) is 9.88. The van der Waals surface area contributed by atoms with E-state index < -0.39 is 0 Å². The molecule has 4 aromatic rings. The number of hydrogen-bond acceptors (Lipinski definition) is 5. The Morgan fingerprint density at radius 1 is 1.14 bits per heavy atom. The van der Waals surface area contributed by atoms with Crippen molar-refractivity contribution in [2.24, 2.45) is 0 Å². The van der Waals surface area contributed by atoms with Gasteiger partial charge in [-0.3, -0.25) is 0 Å². The summed E-state index contributed by atoms with van der Waals surface area (Å²) in [4.78, 5) is 4.83. The average Bonchev–Trinajstić information content (AvgIpc) is 3.37. The third kappa shape index (κ3) is 3.30. The van der Waals surface area contributed by atoms with Gasteiger partial charge in [0.1, 0.15) is 5.82 Å². The van der Waals surface area contributed by atoms with Gasteiger partial charge in [-0.15, -0.1) is 10.2 Å². The fraction of sp³-hybridized carbons (Fsp3) is 0.286. The summed E-state index contributed by atoms with van der Waals surface area (Å²) in [5.74, 6) is 1.57. The molecule has 1 aliphatic heterocycles. The summed E-state index contributed by atoms with van der Waals surface area (Å²) >= 11 is 6.19. The van der Waals surface area contributed by atoms with Gasteiger partial charge in [0.05, 0.1) is 11.6 Å². The van der Waals surface area contributed by atoms with Crippen LogP contribution in [0.1, 0.15) is 24.2 Å². The Morgan fingerprint density at radius 2 is 2.04 bits per heavy atom. The Balaban J connectivity index is 1.61. The zero-order chi connectivity index (χ0) is 18.9. The minimum Gasteiger partial charge on any atom is -0.376 e. The molecule has 1 N–H and O–H groups in total. The van der Waals surface area contributed by atoms with Crippen molar-refractivity contribution in [3.8, 4) is 0 Å². The zero-order valence-electron chi connectivity index (χ0n) is 15.3. The molecule has 1 aliphatic rings. The number of nitrogens with one attached hydrogen (secondary N) is 1. The number of rotatable bonds is 5. The average molecular weight is 394 g/mol. The van der Waals surface area contributed by atoms with E-state index in [-0.39, 0.29) is 6.10 Å². The van der Waals surface area contributed by atoms with Gasteiger partial charge in [-0.1, -0.05) is 41.9 Å². The second-order valence-corrected chi connectivity index (χ2v) is 7.49. The first kappa shape index (κ1) is 17.4. The van der Waals surface area contributed by atoms with E-state index in [1.807, 2.05) is 40.8 Å². The molecule has 142 valence electrons. The van der Waals surface area contributed by atoms with Gasteiger partial charge in [-0.05, 0) is 36.6 Å². The lowest BCUT2D eigenvalue weighted by atomic mass is 10.1. The fourth-order valence-electron chi connectivity index (χ4n) is 3.69. The Kier molecular flexibility index (Phi) is 4.58. The lowest BCUT2D eigenvalue weighted by Gasteiger charge is -2.14. The van der Waals surface area contributed by atoms with Crippen molar-refractivity contribution in [2.45, 2.75) is 25.4 Å². The Morgan fingerprint density at radius 3 is 2.86 bits per heavy atom. The Bertz CT molecular complexity index is 1120.